The average molecular weight is 513 g/mol. The number of nitrogens with one attached hydrogen (secondary N) is 4. The van der Waals surface area contributed by atoms with E-state index in [-0.39, 0.29) is 43.0 Å². The number of nitrogens with zero attached hydrogens (tertiary/aromatic N) is 2. The van der Waals surface area contributed by atoms with E-state index in [2.05, 4.69) is 26.3 Å². The van der Waals surface area contributed by atoms with Gasteiger partial charge in [-0.2, -0.15) is 0 Å². The van der Waals surface area contributed by atoms with Crippen molar-refractivity contribution in [3.05, 3.63) is 70.1 Å². The molecule has 1 fully saturated rings. The highest BCUT2D eigenvalue weighted by Gasteiger charge is 2.30. The van der Waals surface area contributed by atoms with Crippen molar-refractivity contribution >= 4 is 23.3 Å². The van der Waals surface area contributed by atoms with Crippen molar-refractivity contribution in [3.8, 4) is 11.5 Å². The lowest BCUT2D eigenvalue weighted by Crippen LogP contribution is -2.43. The average Bonchev–Trinajstić information content (AvgIpc) is 3.54. The number of hydrogen-bond acceptors (Lipinski definition) is 8. The third kappa shape index (κ3) is 4.37. The summed E-state index contributed by atoms with van der Waals surface area (Å²) in [4.78, 5) is 19.5. The Hall–Kier alpha value is -3.66. The standard InChI is InChI=1S/C25H26ClFN6O3/c26-16-7-17-18(10-30-22(17)29-9-16)23-31-11-19(27)24(32-23)28-8-14-2-1-5-33(12-14)25(34)15-3-4-20-21(6-15)36-13-35-20/h3-4,6-7,9-10,14,22,28-30H,1-2,5,8,11-13H2,(H,31,32). The molecule has 2 atom stereocenters. The summed E-state index contributed by atoms with van der Waals surface area (Å²) in [7, 11) is 0. The Kier molecular flexibility index (Phi) is 5.96. The van der Waals surface area contributed by atoms with Gasteiger partial charge in [0.2, 0.25) is 6.79 Å². The molecule has 9 nitrogen and oxygen atoms in total. The first-order chi connectivity index (χ1) is 17.5. The van der Waals surface area contributed by atoms with Crippen LogP contribution in [-0.4, -0.2) is 55.8 Å². The summed E-state index contributed by atoms with van der Waals surface area (Å²) in [5.41, 5.74) is 2.36. The number of ether oxygens (including phenoxy) is 2. The number of hydrogen-bond donors (Lipinski definition) is 4. The minimum absolute atomic E-state index is 0.0390. The Labute approximate surface area is 212 Å². The maximum Gasteiger partial charge on any atom is 0.254 e. The van der Waals surface area contributed by atoms with Crippen LogP contribution in [0.1, 0.15) is 23.2 Å². The first kappa shape index (κ1) is 22.8. The van der Waals surface area contributed by atoms with E-state index >= 15 is 0 Å². The summed E-state index contributed by atoms with van der Waals surface area (Å²) < 4.78 is 25.4. The molecule has 1 amide bonds. The van der Waals surface area contributed by atoms with Gasteiger partial charge in [-0.05, 0) is 43.0 Å². The number of benzene rings is 1. The monoisotopic (exact) mass is 512 g/mol. The summed E-state index contributed by atoms with van der Waals surface area (Å²) >= 11 is 6.16. The molecule has 0 bridgehead atoms. The first-order valence-electron chi connectivity index (χ1n) is 12.0. The highest BCUT2D eigenvalue weighted by Crippen LogP contribution is 2.33. The van der Waals surface area contributed by atoms with Crippen molar-refractivity contribution in [2.45, 2.75) is 19.0 Å². The van der Waals surface area contributed by atoms with Crippen LogP contribution >= 0.6 is 11.6 Å². The van der Waals surface area contributed by atoms with Crippen molar-refractivity contribution in [2.24, 2.45) is 10.9 Å². The molecule has 11 heteroatoms. The van der Waals surface area contributed by atoms with Gasteiger partial charge in [0.05, 0.1) is 11.6 Å². The van der Waals surface area contributed by atoms with Gasteiger partial charge in [-0.25, -0.2) is 9.38 Å². The molecule has 2 unspecified atom stereocenters. The molecule has 1 aromatic rings. The van der Waals surface area contributed by atoms with Gasteiger partial charge in [-0.1, -0.05) is 11.6 Å². The quantitative estimate of drug-likeness (QED) is 0.481. The molecular formula is C25H26ClFN6O3. The highest BCUT2D eigenvalue weighted by atomic mass is 35.5. The molecule has 0 radical (unpaired) electrons. The summed E-state index contributed by atoms with van der Waals surface area (Å²) in [5.74, 6) is 1.84. The van der Waals surface area contributed by atoms with E-state index in [9.17, 15) is 9.18 Å². The molecule has 1 aromatic carbocycles. The Morgan fingerprint density at radius 2 is 2.11 bits per heavy atom. The van der Waals surface area contributed by atoms with Crippen LogP contribution in [0.25, 0.3) is 0 Å². The normalized spacial score (nSPS) is 24.4. The Morgan fingerprint density at radius 1 is 1.25 bits per heavy atom. The lowest BCUT2D eigenvalue weighted by molar-refractivity contribution is 0.0674. The number of likely N-dealkylation sites (tertiary alicyclic amines) is 1. The van der Waals surface area contributed by atoms with Crippen LogP contribution in [0, 0.1) is 5.92 Å². The van der Waals surface area contributed by atoms with E-state index < -0.39 is 0 Å². The van der Waals surface area contributed by atoms with E-state index in [0.717, 1.165) is 24.0 Å². The lowest BCUT2D eigenvalue weighted by Gasteiger charge is -2.33. The number of dihydropyridines is 1. The topological polar surface area (TPSA) is 99.2 Å². The number of allylic oxidation sites excluding steroid dienone is 2. The molecule has 4 N–H and O–H groups in total. The zero-order valence-corrected chi connectivity index (χ0v) is 20.2. The number of piperidine rings is 1. The molecular weight excluding hydrogens is 487 g/mol. The van der Waals surface area contributed by atoms with Crippen LogP contribution in [-0.2, 0) is 0 Å². The summed E-state index contributed by atoms with van der Waals surface area (Å²) in [6, 6.07) is 5.26. The Balaban J connectivity index is 1.10. The fraction of sp³-hybridized carbons (Fsp3) is 0.360. The number of fused-ring (bicyclic) bond motifs is 2. The van der Waals surface area contributed by atoms with Crippen LogP contribution < -0.4 is 30.7 Å². The summed E-state index contributed by atoms with van der Waals surface area (Å²) in [5, 5.41) is 13.2. The molecule has 5 aliphatic rings. The van der Waals surface area contributed by atoms with E-state index in [1.165, 1.54) is 0 Å². The van der Waals surface area contributed by atoms with Crippen molar-refractivity contribution in [2.75, 3.05) is 33.0 Å². The van der Waals surface area contributed by atoms with Crippen LogP contribution in [0.4, 0.5) is 4.39 Å². The van der Waals surface area contributed by atoms with Gasteiger partial charge >= 0.3 is 0 Å². The molecule has 36 heavy (non-hydrogen) atoms. The fourth-order valence-electron chi connectivity index (χ4n) is 4.97. The molecule has 0 saturated carbocycles. The van der Waals surface area contributed by atoms with Crippen LogP contribution in [0.15, 0.2) is 69.5 Å². The zero-order valence-electron chi connectivity index (χ0n) is 19.4. The van der Waals surface area contributed by atoms with Crippen molar-refractivity contribution in [3.63, 3.8) is 0 Å². The predicted octanol–water partition coefficient (Wildman–Crippen LogP) is 2.42. The van der Waals surface area contributed by atoms with Crippen LogP contribution in [0.5, 0.6) is 11.5 Å². The Bertz CT molecular complexity index is 1260. The smallest absolute Gasteiger partial charge is 0.254 e. The van der Waals surface area contributed by atoms with Crippen LogP contribution in [0.3, 0.4) is 0 Å². The number of halogens is 2. The number of carbonyl (C=O) groups is 1. The van der Waals surface area contributed by atoms with Gasteiger partial charge in [0.1, 0.15) is 12.0 Å². The molecule has 0 aliphatic carbocycles. The molecule has 0 spiro atoms. The minimum atomic E-state index is -0.348. The minimum Gasteiger partial charge on any atom is -0.454 e. The second-order valence-electron chi connectivity index (χ2n) is 9.23. The summed E-state index contributed by atoms with van der Waals surface area (Å²) in [6.07, 6.45) is 7.19. The van der Waals surface area contributed by atoms with Crippen molar-refractivity contribution < 1.29 is 18.7 Å². The lowest BCUT2D eigenvalue weighted by atomic mass is 9.97. The second-order valence-corrected chi connectivity index (χ2v) is 9.67. The third-order valence-corrected chi connectivity index (χ3v) is 7.05. The third-order valence-electron chi connectivity index (χ3n) is 6.83. The molecule has 188 valence electrons. The number of carbonyl (C=O) groups excluding carboxylic acids is 1. The van der Waals surface area contributed by atoms with Gasteiger partial charge in [0.25, 0.3) is 5.91 Å². The number of aliphatic imine (C=N–C) groups is 1. The molecule has 5 aliphatic heterocycles. The largest absolute Gasteiger partial charge is 0.454 e. The molecule has 5 heterocycles. The predicted molar refractivity (Wildman–Crippen MR) is 133 cm³/mol. The van der Waals surface area contributed by atoms with Gasteiger partial charge in [0, 0.05) is 48.7 Å². The maximum absolute atomic E-state index is 14.7. The maximum atomic E-state index is 14.7. The summed E-state index contributed by atoms with van der Waals surface area (Å²) in [6.45, 7) is 2.01. The first-order valence-corrected chi connectivity index (χ1v) is 12.4. The van der Waals surface area contributed by atoms with E-state index in [1.54, 1.807) is 24.4 Å². The van der Waals surface area contributed by atoms with Gasteiger partial charge in [-0.15, -0.1) is 0 Å². The Morgan fingerprint density at radius 3 is 3.03 bits per heavy atom. The SMILES string of the molecule is O=C(c1ccc2c(c1)OCO2)N1CCCC(CNC2=C(F)CNC(C3=CNC4NC=C(Cl)C=C34)=N2)C1. The number of amides is 1. The second kappa shape index (κ2) is 9.42. The zero-order chi connectivity index (χ0) is 24.6. The van der Waals surface area contributed by atoms with Gasteiger partial charge in [-0.3, -0.25) is 4.79 Å². The molecule has 1 saturated heterocycles. The van der Waals surface area contributed by atoms with E-state index in [4.69, 9.17) is 21.1 Å². The number of amidine groups is 1. The van der Waals surface area contributed by atoms with Gasteiger partial charge < -0.3 is 35.6 Å². The van der Waals surface area contributed by atoms with E-state index in [0.29, 0.717) is 47.6 Å². The number of rotatable bonds is 5. The fourth-order valence-corrected chi connectivity index (χ4v) is 5.15. The van der Waals surface area contributed by atoms with Crippen molar-refractivity contribution in [1.82, 2.24) is 26.2 Å². The van der Waals surface area contributed by atoms with Gasteiger partial charge in [0.15, 0.2) is 23.1 Å². The van der Waals surface area contributed by atoms with Crippen LogP contribution in [0.2, 0.25) is 0 Å². The molecule has 6 rings (SSSR count). The van der Waals surface area contributed by atoms with E-state index in [1.807, 2.05) is 17.2 Å². The molecule has 0 aromatic heterocycles. The van der Waals surface area contributed by atoms with Crippen molar-refractivity contribution in [1.29, 1.82) is 0 Å². The highest BCUT2D eigenvalue weighted by molar-refractivity contribution is 6.31.